The van der Waals surface area contributed by atoms with Crippen molar-refractivity contribution in [1.29, 1.82) is 0 Å². The van der Waals surface area contributed by atoms with Gasteiger partial charge in [0.25, 0.3) is 0 Å². The van der Waals surface area contributed by atoms with E-state index >= 15 is 0 Å². The molecule has 0 amide bonds. The summed E-state index contributed by atoms with van der Waals surface area (Å²) in [6, 6.07) is 37.0. The Bertz CT molecular complexity index is 1730. The van der Waals surface area contributed by atoms with E-state index in [4.69, 9.17) is 14.7 Å². The molecule has 0 saturated carbocycles. The molecule has 4 aromatic carbocycles. The maximum absolute atomic E-state index is 14.0. The highest BCUT2D eigenvalue weighted by molar-refractivity contribution is 5.95. The normalized spacial score (nSPS) is 13.2. The molecular weight excluding hydrogens is 592 g/mol. The zero-order valence-corrected chi connectivity index (χ0v) is 28.7. The highest BCUT2D eigenvalue weighted by Crippen LogP contribution is 2.48. The van der Waals surface area contributed by atoms with Gasteiger partial charge in [-0.2, -0.15) is 0 Å². The standard InChI is InChI=1S/C42H46N4O2/c1-5-27-45(28-6-2)35-23-19-33(20-24-35)42(34-21-25-36(26-22-34)46(29-7-3)30-8-4)40-39(41(47)48-42)43-37(31-15-11-9-12-16-31)38(44-40)32-17-13-10-14-18-32/h9-26H,5-8,27-30H2,1-4H3. The van der Waals surface area contributed by atoms with Crippen molar-refractivity contribution in [1.82, 2.24) is 9.97 Å². The average Bonchev–Trinajstić information content (AvgIpc) is 3.43. The van der Waals surface area contributed by atoms with E-state index in [1.165, 1.54) is 0 Å². The van der Waals surface area contributed by atoms with E-state index in [0.29, 0.717) is 17.1 Å². The molecule has 1 aliphatic rings. The Morgan fingerprint density at radius 2 is 0.917 bits per heavy atom. The summed E-state index contributed by atoms with van der Waals surface area (Å²) in [4.78, 5) is 29.3. The average molecular weight is 639 g/mol. The first-order chi connectivity index (χ1) is 23.5. The number of aromatic nitrogens is 2. The van der Waals surface area contributed by atoms with E-state index in [0.717, 1.165) is 85.5 Å². The predicted octanol–water partition coefficient (Wildman–Crippen LogP) is 9.53. The third kappa shape index (κ3) is 6.32. The highest BCUT2D eigenvalue weighted by atomic mass is 16.6. The van der Waals surface area contributed by atoms with Crippen LogP contribution in [0.5, 0.6) is 0 Å². The summed E-state index contributed by atoms with van der Waals surface area (Å²) in [5, 5.41) is 0. The first-order valence-electron chi connectivity index (χ1n) is 17.5. The van der Waals surface area contributed by atoms with E-state index in [9.17, 15) is 4.79 Å². The van der Waals surface area contributed by atoms with Crippen molar-refractivity contribution in [3.63, 3.8) is 0 Å². The lowest BCUT2D eigenvalue weighted by Gasteiger charge is -2.31. The first kappa shape index (κ1) is 33.0. The zero-order valence-electron chi connectivity index (χ0n) is 28.7. The second-order valence-electron chi connectivity index (χ2n) is 12.5. The molecule has 0 atom stereocenters. The minimum absolute atomic E-state index is 0.249. The van der Waals surface area contributed by atoms with Crippen molar-refractivity contribution < 1.29 is 9.53 Å². The number of hydrogen-bond donors (Lipinski definition) is 0. The Labute approximate surface area is 285 Å². The fourth-order valence-electron chi connectivity index (χ4n) is 6.85. The van der Waals surface area contributed by atoms with Gasteiger partial charge in [0.1, 0.15) is 5.69 Å². The lowest BCUT2D eigenvalue weighted by Crippen LogP contribution is -2.31. The molecule has 0 fully saturated rings. The Morgan fingerprint density at radius 1 is 0.521 bits per heavy atom. The van der Waals surface area contributed by atoms with Crippen LogP contribution in [0.15, 0.2) is 109 Å². The Balaban J connectivity index is 1.57. The lowest BCUT2D eigenvalue weighted by molar-refractivity contribution is 0.0241. The van der Waals surface area contributed by atoms with Crippen molar-refractivity contribution >= 4 is 17.3 Å². The largest absolute Gasteiger partial charge is 0.438 e. The number of esters is 1. The molecule has 0 bridgehead atoms. The molecule has 1 aromatic heterocycles. The second kappa shape index (κ2) is 14.8. The summed E-state index contributed by atoms with van der Waals surface area (Å²) < 4.78 is 6.57. The minimum Gasteiger partial charge on any atom is -0.438 e. The van der Waals surface area contributed by atoms with Gasteiger partial charge in [-0.15, -0.1) is 0 Å². The van der Waals surface area contributed by atoms with Crippen LogP contribution < -0.4 is 9.80 Å². The number of cyclic esters (lactones) is 1. The van der Waals surface area contributed by atoms with Crippen molar-refractivity contribution in [3.05, 3.63) is 132 Å². The van der Waals surface area contributed by atoms with Crippen molar-refractivity contribution in [2.24, 2.45) is 0 Å². The third-order valence-electron chi connectivity index (χ3n) is 9.01. The smallest absolute Gasteiger partial charge is 0.360 e. The first-order valence-corrected chi connectivity index (χ1v) is 17.5. The SMILES string of the molecule is CCCN(CCC)c1ccc(C2(c3ccc(N(CCC)CCC)cc3)OC(=O)c3nc(-c4ccccc4)c(-c4ccccc4)nc32)cc1. The van der Waals surface area contributed by atoms with Gasteiger partial charge in [0.15, 0.2) is 5.69 Å². The van der Waals surface area contributed by atoms with Gasteiger partial charge in [0, 0.05) is 59.8 Å². The number of carbonyl (C=O) groups is 1. The monoisotopic (exact) mass is 638 g/mol. The molecule has 5 aromatic rings. The molecule has 0 saturated heterocycles. The van der Waals surface area contributed by atoms with Gasteiger partial charge in [-0.25, -0.2) is 14.8 Å². The number of carbonyl (C=O) groups excluding carboxylic acids is 1. The van der Waals surface area contributed by atoms with Gasteiger partial charge < -0.3 is 14.5 Å². The van der Waals surface area contributed by atoms with Crippen LogP contribution in [0, 0.1) is 0 Å². The topological polar surface area (TPSA) is 58.6 Å². The Morgan fingerprint density at radius 3 is 1.31 bits per heavy atom. The van der Waals surface area contributed by atoms with Crippen molar-refractivity contribution in [2.75, 3.05) is 36.0 Å². The quantitative estimate of drug-likeness (QED) is 0.113. The van der Waals surface area contributed by atoms with Crippen molar-refractivity contribution in [2.45, 2.75) is 59.0 Å². The van der Waals surface area contributed by atoms with Crippen LogP contribution in [0.3, 0.4) is 0 Å². The molecule has 0 unspecified atom stereocenters. The Hall–Kier alpha value is -4.97. The molecule has 0 aliphatic carbocycles. The lowest BCUT2D eigenvalue weighted by atomic mass is 9.83. The predicted molar refractivity (Wildman–Crippen MR) is 197 cm³/mol. The van der Waals surface area contributed by atoms with E-state index in [1.807, 2.05) is 60.7 Å². The molecular formula is C42H46N4O2. The minimum atomic E-state index is -1.27. The Kier molecular flexibility index (Phi) is 10.2. The van der Waals surface area contributed by atoms with Gasteiger partial charge >= 0.3 is 5.97 Å². The maximum Gasteiger partial charge on any atom is 0.360 e. The summed E-state index contributed by atoms with van der Waals surface area (Å²) in [5.41, 5.74) is 6.69. The van der Waals surface area contributed by atoms with Gasteiger partial charge in [-0.1, -0.05) is 113 Å². The maximum atomic E-state index is 14.0. The zero-order chi connectivity index (χ0) is 33.5. The number of anilines is 2. The highest BCUT2D eigenvalue weighted by Gasteiger charge is 2.52. The van der Waals surface area contributed by atoms with E-state index in [-0.39, 0.29) is 5.69 Å². The van der Waals surface area contributed by atoms with Crippen LogP contribution in [-0.4, -0.2) is 42.1 Å². The molecule has 1 aliphatic heterocycles. The summed E-state index contributed by atoms with van der Waals surface area (Å²) in [5.74, 6) is -0.473. The molecule has 0 spiro atoms. The summed E-state index contributed by atoms with van der Waals surface area (Å²) in [6.07, 6.45) is 4.27. The third-order valence-corrected chi connectivity index (χ3v) is 9.01. The fraction of sp³-hybridized carbons (Fsp3) is 0.310. The van der Waals surface area contributed by atoms with Gasteiger partial charge in [-0.3, -0.25) is 0 Å². The molecule has 6 heteroatoms. The van der Waals surface area contributed by atoms with E-state index in [2.05, 4.69) is 86.0 Å². The molecule has 48 heavy (non-hydrogen) atoms. The van der Waals surface area contributed by atoms with Crippen LogP contribution in [-0.2, 0) is 10.3 Å². The van der Waals surface area contributed by atoms with E-state index in [1.54, 1.807) is 0 Å². The molecule has 0 radical (unpaired) electrons. The van der Waals surface area contributed by atoms with Gasteiger partial charge in [0.2, 0.25) is 5.60 Å². The number of fused-ring (bicyclic) bond motifs is 1. The molecule has 2 heterocycles. The molecule has 246 valence electrons. The van der Waals surface area contributed by atoms with Crippen LogP contribution in [0.2, 0.25) is 0 Å². The molecule has 6 nitrogen and oxygen atoms in total. The molecule has 0 N–H and O–H groups in total. The summed E-state index contributed by atoms with van der Waals surface area (Å²) >= 11 is 0. The van der Waals surface area contributed by atoms with Crippen LogP contribution in [0.4, 0.5) is 11.4 Å². The van der Waals surface area contributed by atoms with Gasteiger partial charge in [0.05, 0.1) is 11.4 Å². The number of hydrogen-bond acceptors (Lipinski definition) is 6. The van der Waals surface area contributed by atoms with Crippen LogP contribution >= 0.6 is 0 Å². The fourth-order valence-corrected chi connectivity index (χ4v) is 6.85. The number of benzene rings is 4. The number of ether oxygens (including phenoxy) is 1. The number of nitrogens with zero attached hydrogens (tertiary/aromatic N) is 4. The van der Waals surface area contributed by atoms with Crippen LogP contribution in [0.1, 0.15) is 80.7 Å². The second-order valence-corrected chi connectivity index (χ2v) is 12.5. The van der Waals surface area contributed by atoms with Crippen LogP contribution in [0.25, 0.3) is 22.5 Å². The summed E-state index contributed by atoms with van der Waals surface area (Å²) in [7, 11) is 0. The molecule has 6 rings (SSSR count). The number of rotatable bonds is 14. The summed E-state index contributed by atoms with van der Waals surface area (Å²) in [6.45, 7) is 12.8. The van der Waals surface area contributed by atoms with Gasteiger partial charge in [-0.05, 0) is 49.9 Å². The van der Waals surface area contributed by atoms with E-state index < -0.39 is 11.6 Å². The van der Waals surface area contributed by atoms with Crippen molar-refractivity contribution in [3.8, 4) is 22.5 Å².